The van der Waals surface area contributed by atoms with E-state index in [9.17, 15) is 0 Å². The molecule has 0 unspecified atom stereocenters. The van der Waals surface area contributed by atoms with Crippen LogP contribution in [-0.2, 0) is 6.54 Å². The first-order valence-corrected chi connectivity index (χ1v) is 7.43. The molecule has 0 saturated heterocycles. The van der Waals surface area contributed by atoms with Crippen molar-refractivity contribution in [3.05, 3.63) is 40.8 Å². The van der Waals surface area contributed by atoms with Crippen molar-refractivity contribution in [3.8, 4) is 5.95 Å². The monoisotopic (exact) mass is 301 g/mol. The third-order valence-electron chi connectivity index (χ3n) is 2.93. The highest BCUT2D eigenvalue weighted by Gasteiger charge is 2.13. The lowest BCUT2D eigenvalue weighted by Gasteiger charge is -2.20. The molecule has 0 saturated carbocycles. The van der Waals surface area contributed by atoms with Gasteiger partial charge in [0.1, 0.15) is 0 Å². The van der Waals surface area contributed by atoms with Crippen molar-refractivity contribution in [1.29, 1.82) is 0 Å². The van der Waals surface area contributed by atoms with Crippen LogP contribution in [0, 0.1) is 0 Å². The number of nitrogen functional groups attached to an aromatic ring is 1. The lowest BCUT2D eigenvalue weighted by Crippen LogP contribution is -2.25. The van der Waals surface area contributed by atoms with E-state index in [2.05, 4.69) is 43.3 Å². The summed E-state index contributed by atoms with van der Waals surface area (Å²) >= 11 is 1.71. The summed E-state index contributed by atoms with van der Waals surface area (Å²) in [5, 5.41) is 6.18. The molecule has 3 rings (SSSR count). The maximum atomic E-state index is 5.80. The summed E-state index contributed by atoms with van der Waals surface area (Å²) in [5.41, 5.74) is 5.80. The first kappa shape index (κ1) is 13.5. The Bertz CT molecular complexity index is 693. The molecule has 8 heteroatoms. The topological polar surface area (TPSA) is 85.8 Å². The van der Waals surface area contributed by atoms with E-state index in [1.54, 1.807) is 28.4 Å². The fraction of sp³-hybridized carbons (Fsp3) is 0.231. The van der Waals surface area contributed by atoms with Crippen molar-refractivity contribution in [2.45, 2.75) is 13.5 Å². The average Bonchev–Trinajstić information content (AvgIpc) is 3.17. The zero-order chi connectivity index (χ0) is 14.7. The first-order chi connectivity index (χ1) is 10.3. The molecule has 21 heavy (non-hydrogen) atoms. The smallest absolute Gasteiger partial charge is 0.257 e. The lowest BCUT2D eigenvalue weighted by molar-refractivity contribution is 0.755. The molecule has 0 amide bonds. The zero-order valence-electron chi connectivity index (χ0n) is 11.5. The van der Waals surface area contributed by atoms with Gasteiger partial charge in [-0.25, -0.2) is 4.68 Å². The van der Waals surface area contributed by atoms with E-state index < -0.39 is 0 Å². The Hall–Kier alpha value is -2.48. The first-order valence-electron chi connectivity index (χ1n) is 6.55. The fourth-order valence-corrected chi connectivity index (χ4v) is 2.63. The number of aromatic nitrogens is 5. The highest BCUT2D eigenvalue weighted by molar-refractivity contribution is 7.09. The highest BCUT2D eigenvalue weighted by atomic mass is 32.1. The van der Waals surface area contributed by atoms with Gasteiger partial charge in [-0.1, -0.05) is 6.07 Å². The maximum Gasteiger partial charge on any atom is 0.257 e. The van der Waals surface area contributed by atoms with Gasteiger partial charge in [-0.3, -0.25) is 0 Å². The van der Waals surface area contributed by atoms with Gasteiger partial charge >= 0.3 is 0 Å². The second kappa shape index (κ2) is 5.88. The molecule has 0 spiro atoms. The molecule has 0 radical (unpaired) electrons. The molecule has 7 nitrogen and oxygen atoms in total. The molecule has 0 bridgehead atoms. The molecule has 0 aliphatic rings. The summed E-state index contributed by atoms with van der Waals surface area (Å²) in [4.78, 5) is 16.1. The minimum atomic E-state index is 0.190. The summed E-state index contributed by atoms with van der Waals surface area (Å²) in [5.74, 6) is 1.17. The van der Waals surface area contributed by atoms with Crippen molar-refractivity contribution in [2.75, 3.05) is 17.2 Å². The van der Waals surface area contributed by atoms with Gasteiger partial charge in [-0.15, -0.1) is 11.3 Å². The van der Waals surface area contributed by atoms with E-state index in [0.29, 0.717) is 11.9 Å². The van der Waals surface area contributed by atoms with E-state index in [-0.39, 0.29) is 5.95 Å². The Balaban J connectivity index is 1.93. The molecule has 0 aliphatic carbocycles. The van der Waals surface area contributed by atoms with Crippen LogP contribution in [0.2, 0.25) is 0 Å². The Morgan fingerprint density at radius 3 is 2.86 bits per heavy atom. The summed E-state index contributed by atoms with van der Waals surface area (Å²) in [6.07, 6.45) is 3.44. The van der Waals surface area contributed by atoms with Gasteiger partial charge in [-0.2, -0.15) is 20.1 Å². The van der Waals surface area contributed by atoms with Crippen LogP contribution in [-0.4, -0.2) is 31.3 Å². The zero-order valence-corrected chi connectivity index (χ0v) is 12.4. The molecule has 0 aliphatic heterocycles. The van der Waals surface area contributed by atoms with Gasteiger partial charge in [0.25, 0.3) is 5.95 Å². The summed E-state index contributed by atoms with van der Waals surface area (Å²) in [6, 6.07) is 5.93. The molecule has 3 heterocycles. The van der Waals surface area contributed by atoms with Crippen LogP contribution in [0.15, 0.2) is 36.0 Å². The van der Waals surface area contributed by atoms with Crippen molar-refractivity contribution in [1.82, 2.24) is 24.7 Å². The van der Waals surface area contributed by atoms with Crippen molar-refractivity contribution >= 4 is 23.2 Å². The molecular weight excluding hydrogens is 286 g/mol. The Morgan fingerprint density at radius 2 is 2.19 bits per heavy atom. The second-order valence-corrected chi connectivity index (χ2v) is 5.37. The Labute approximate surface area is 126 Å². The van der Waals surface area contributed by atoms with Crippen LogP contribution in [0.4, 0.5) is 11.9 Å². The van der Waals surface area contributed by atoms with Crippen LogP contribution < -0.4 is 10.6 Å². The van der Waals surface area contributed by atoms with Gasteiger partial charge in [0.15, 0.2) is 0 Å². The van der Waals surface area contributed by atoms with Crippen LogP contribution in [0.3, 0.4) is 0 Å². The van der Waals surface area contributed by atoms with Gasteiger partial charge in [0.05, 0.1) is 6.54 Å². The summed E-state index contributed by atoms with van der Waals surface area (Å²) < 4.78 is 1.57. The van der Waals surface area contributed by atoms with E-state index in [1.165, 1.54) is 4.88 Å². The molecular formula is C13H15N7S. The third kappa shape index (κ3) is 3.00. The van der Waals surface area contributed by atoms with Crippen LogP contribution in [0.1, 0.15) is 11.8 Å². The van der Waals surface area contributed by atoms with Crippen LogP contribution in [0.5, 0.6) is 0 Å². The summed E-state index contributed by atoms with van der Waals surface area (Å²) in [7, 11) is 0. The van der Waals surface area contributed by atoms with Gasteiger partial charge < -0.3 is 10.6 Å². The number of rotatable bonds is 5. The van der Waals surface area contributed by atoms with Gasteiger partial charge in [0.2, 0.25) is 11.9 Å². The minimum Gasteiger partial charge on any atom is -0.368 e. The molecule has 3 aromatic heterocycles. The van der Waals surface area contributed by atoms with Crippen LogP contribution in [0.25, 0.3) is 5.95 Å². The number of thiophene rings is 1. The largest absolute Gasteiger partial charge is 0.368 e. The molecule has 108 valence electrons. The number of nitrogens with zero attached hydrogens (tertiary/aromatic N) is 6. The highest BCUT2D eigenvalue weighted by Crippen LogP contribution is 2.17. The number of anilines is 2. The molecule has 3 aromatic rings. The fourth-order valence-electron chi connectivity index (χ4n) is 1.91. The normalized spacial score (nSPS) is 10.7. The predicted octanol–water partition coefficient (Wildman–Crippen LogP) is 1.73. The molecule has 0 fully saturated rings. The van der Waals surface area contributed by atoms with Crippen molar-refractivity contribution in [3.63, 3.8) is 0 Å². The Morgan fingerprint density at radius 1 is 1.29 bits per heavy atom. The minimum absolute atomic E-state index is 0.190. The maximum absolute atomic E-state index is 5.80. The SMILES string of the molecule is CCN(Cc1cccs1)c1nc(N)nc(-n2cccn2)n1. The van der Waals surface area contributed by atoms with E-state index in [0.717, 1.165) is 13.1 Å². The molecule has 0 atom stereocenters. The van der Waals surface area contributed by atoms with Crippen molar-refractivity contribution < 1.29 is 0 Å². The van der Waals surface area contributed by atoms with E-state index in [1.807, 2.05) is 12.1 Å². The number of hydrogen-bond donors (Lipinski definition) is 1. The number of hydrogen-bond acceptors (Lipinski definition) is 7. The van der Waals surface area contributed by atoms with E-state index in [4.69, 9.17) is 5.73 Å². The number of nitrogens with two attached hydrogens (primary N) is 1. The second-order valence-electron chi connectivity index (χ2n) is 4.34. The Kier molecular flexibility index (Phi) is 3.78. The quantitative estimate of drug-likeness (QED) is 0.772. The standard InChI is InChI=1S/C13H15N7S/c1-2-19(9-10-5-3-8-21-10)12-16-11(14)17-13(18-12)20-7-4-6-15-20/h3-8H,2,9H2,1H3,(H2,14,16,17,18). The van der Waals surface area contributed by atoms with Crippen molar-refractivity contribution in [2.24, 2.45) is 0 Å². The summed E-state index contributed by atoms with van der Waals surface area (Å²) in [6.45, 7) is 3.58. The van der Waals surface area contributed by atoms with E-state index >= 15 is 0 Å². The van der Waals surface area contributed by atoms with Crippen LogP contribution >= 0.6 is 11.3 Å². The predicted molar refractivity (Wildman–Crippen MR) is 82.4 cm³/mol. The average molecular weight is 301 g/mol. The van der Waals surface area contributed by atoms with Gasteiger partial charge in [0, 0.05) is 23.8 Å². The third-order valence-corrected chi connectivity index (χ3v) is 3.79. The lowest BCUT2D eigenvalue weighted by atomic mass is 10.4. The molecule has 0 aromatic carbocycles. The molecule has 2 N–H and O–H groups in total. The van der Waals surface area contributed by atoms with Gasteiger partial charge in [-0.05, 0) is 24.4 Å².